The topological polar surface area (TPSA) is 17.1 Å². The summed E-state index contributed by atoms with van der Waals surface area (Å²) < 4.78 is 9.27. The van der Waals surface area contributed by atoms with Gasteiger partial charge in [-0.2, -0.15) is 0 Å². The van der Waals surface area contributed by atoms with E-state index in [0.29, 0.717) is 0 Å². The molecule has 0 spiro atoms. The quantitative estimate of drug-likeness (QED) is 0.485. The molecule has 0 aliphatic carbocycles. The third kappa shape index (κ3) is 31.4. The van der Waals surface area contributed by atoms with Crippen molar-refractivity contribution in [1.82, 2.24) is 0 Å². The minimum absolute atomic E-state index is 0. The molecule has 0 heterocycles. The van der Waals surface area contributed by atoms with Crippen molar-refractivity contribution in [1.29, 1.82) is 0 Å². The van der Waals surface area contributed by atoms with Crippen molar-refractivity contribution in [3.63, 3.8) is 0 Å². The smallest absolute Gasteiger partial charge is 0 e. The van der Waals surface area contributed by atoms with Crippen LogP contribution in [-0.4, -0.2) is 18.9 Å². The van der Waals surface area contributed by atoms with Gasteiger partial charge >= 0.3 is 57.9 Å². The monoisotopic (exact) mass is 461 g/mol. The molecular formula is HCl2HfLiORe. The molecule has 0 N–H and O–H groups in total. The molecule has 1 nitrogen and oxygen atoms in total. The Morgan fingerprint density at radius 3 is 1.33 bits per heavy atom. The van der Waals surface area contributed by atoms with Crippen LogP contribution in [0.4, 0.5) is 0 Å². The van der Waals surface area contributed by atoms with Gasteiger partial charge in [-0.05, 0) is 0 Å². The number of hydrogen-bond donors (Lipinski definition) is 0. The van der Waals surface area contributed by atoms with E-state index in [4.69, 9.17) is 17.2 Å². The second kappa shape index (κ2) is 10.5. The Balaban J connectivity index is -0.0000000450. The van der Waals surface area contributed by atoms with Crippen molar-refractivity contribution in [3.8, 4) is 0 Å². The first kappa shape index (κ1) is 15.8. The Morgan fingerprint density at radius 2 is 1.33 bits per heavy atom. The molecule has 0 fully saturated rings. The molecule has 0 amide bonds. The molecule has 0 aromatic carbocycles. The van der Waals surface area contributed by atoms with Crippen molar-refractivity contribution in [2.75, 3.05) is 0 Å². The zero-order valence-corrected chi connectivity index (χ0v) is 9.86. The van der Waals surface area contributed by atoms with Gasteiger partial charge in [-0.15, -0.1) is 0 Å². The van der Waals surface area contributed by atoms with Gasteiger partial charge in [-0.25, -0.2) is 0 Å². The summed E-state index contributed by atoms with van der Waals surface area (Å²) in [6.07, 6.45) is 0. The Kier molecular flexibility index (Phi) is 27.6. The van der Waals surface area contributed by atoms with E-state index < -0.39 is 19.1 Å². The SMILES string of the molecule is [LiH].[O]=[Hf]([Cl])[Cl].[Re]. The van der Waals surface area contributed by atoms with Crippen LogP contribution >= 0.6 is 17.2 Å². The van der Waals surface area contributed by atoms with Crippen LogP contribution in [0.3, 0.4) is 0 Å². The van der Waals surface area contributed by atoms with Crippen molar-refractivity contribution >= 4 is 36.0 Å². The van der Waals surface area contributed by atoms with Crippen LogP contribution in [0.5, 0.6) is 0 Å². The molecule has 0 unspecified atom stereocenters. The van der Waals surface area contributed by atoms with Crippen LogP contribution in [0.25, 0.3) is 0 Å². The number of halogens is 2. The molecule has 0 bridgehead atoms. The number of rotatable bonds is 0. The molecule has 0 aliphatic rings. The van der Waals surface area contributed by atoms with Crippen molar-refractivity contribution in [2.24, 2.45) is 0 Å². The number of hydrogen-bond acceptors (Lipinski definition) is 1. The van der Waals surface area contributed by atoms with Crippen LogP contribution < -0.4 is 0 Å². The van der Waals surface area contributed by atoms with Gasteiger partial charge in [-0.1, -0.05) is 0 Å². The van der Waals surface area contributed by atoms with Gasteiger partial charge in [0, 0.05) is 20.4 Å². The first-order chi connectivity index (χ1) is 1.73. The molecule has 6 heteroatoms. The molecule has 1 radical (unpaired) electrons. The minimum atomic E-state index is -2.96. The van der Waals surface area contributed by atoms with Crippen LogP contribution in [0.15, 0.2) is 0 Å². The van der Waals surface area contributed by atoms with Gasteiger partial charge in [0.1, 0.15) is 0 Å². The average molecular weight is 460 g/mol. The summed E-state index contributed by atoms with van der Waals surface area (Å²) in [7, 11) is 9.40. The minimum Gasteiger partial charge on any atom is 0 e. The van der Waals surface area contributed by atoms with Crippen molar-refractivity contribution in [2.45, 2.75) is 0 Å². The van der Waals surface area contributed by atoms with E-state index in [2.05, 4.69) is 0 Å². The summed E-state index contributed by atoms with van der Waals surface area (Å²) >= 11 is -2.96. The van der Waals surface area contributed by atoms with E-state index in [1.54, 1.807) is 0 Å². The van der Waals surface area contributed by atoms with Gasteiger partial charge in [0.25, 0.3) is 0 Å². The summed E-state index contributed by atoms with van der Waals surface area (Å²) in [5, 5.41) is 0. The summed E-state index contributed by atoms with van der Waals surface area (Å²) in [5.41, 5.74) is 0. The maximum atomic E-state index is 9.27. The fraction of sp³-hybridized carbons (Fsp3) is 0. The summed E-state index contributed by atoms with van der Waals surface area (Å²) in [6, 6.07) is 0. The molecule has 0 aromatic rings. The third-order valence-corrected chi connectivity index (χ3v) is 0. The Morgan fingerprint density at radius 1 is 1.33 bits per heavy atom. The summed E-state index contributed by atoms with van der Waals surface area (Å²) in [6.45, 7) is 0. The van der Waals surface area contributed by atoms with Crippen molar-refractivity contribution < 1.29 is 42.4 Å². The van der Waals surface area contributed by atoms with Crippen LogP contribution in [0.2, 0.25) is 0 Å². The summed E-state index contributed by atoms with van der Waals surface area (Å²) in [5.74, 6) is 0. The van der Waals surface area contributed by atoms with Gasteiger partial charge in [0.2, 0.25) is 0 Å². The van der Waals surface area contributed by atoms with Gasteiger partial charge < -0.3 is 0 Å². The Bertz CT molecular complexity index is 36.5. The molecule has 0 aromatic heterocycles. The van der Waals surface area contributed by atoms with Gasteiger partial charge in [0.15, 0.2) is 0 Å². The second-order valence-electron chi connectivity index (χ2n) is 0.226. The predicted octanol–water partition coefficient (Wildman–Crippen LogP) is 0.607. The first-order valence-corrected chi connectivity index (χ1v) is 11.0. The standard InChI is InChI=1S/2ClH.Hf.Li.O.Re.H/h2*1H;;;;;/q;;+2;;;;/p-2. The zero-order chi connectivity index (χ0) is 3.58. The van der Waals surface area contributed by atoms with E-state index in [1.165, 1.54) is 0 Å². The fourth-order valence-corrected chi connectivity index (χ4v) is 0. The second-order valence-corrected chi connectivity index (χ2v) is 9.05. The van der Waals surface area contributed by atoms with Crippen LogP contribution in [0.1, 0.15) is 0 Å². The average Bonchev–Trinajstić information content (AvgIpc) is 0.811. The van der Waals surface area contributed by atoms with Crippen LogP contribution in [-0.2, 0) is 42.4 Å². The zero-order valence-electron chi connectivity index (χ0n) is 2.04. The van der Waals surface area contributed by atoms with E-state index in [1.807, 2.05) is 0 Å². The normalized spacial score (nSPS) is 4.33. The molecule has 0 saturated heterocycles. The first-order valence-electron chi connectivity index (χ1n) is 0.582. The Labute approximate surface area is 77.1 Å². The molecular weight excluding hydrogens is 459 g/mol. The fourth-order valence-electron chi connectivity index (χ4n) is 0. The molecule has 6 heavy (non-hydrogen) atoms. The van der Waals surface area contributed by atoms with E-state index in [9.17, 15) is 2.85 Å². The molecule has 0 aliphatic heterocycles. The Hall–Kier alpha value is 2.51. The summed E-state index contributed by atoms with van der Waals surface area (Å²) in [4.78, 5) is 0. The van der Waals surface area contributed by atoms with Gasteiger partial charge in [0.05, 0.1) is 0 Å². The van der Waals surface area contributed by atoms with Crippen molar-refractivity contribution in [3.05, 3.63) is 0 Å². The van der Waals surface area contributed by atoms with E-state index >= 15 is 0 Å². The molecule has 0 saturated carbocycles. The largest absolute Gasteiger partial charge is 0 e. The van der Waals surface area contributed by atoms with E-state index in [-0.39, 0.29) is 39.3 Å². The molecule has 33 valence electrons. The maximum absolute atomic E-state index is 9.27. The molecule has 0 rings (SSSR count). The van der Waals surface area contributed by atoms with Crippen LogP contribution in [0, 0.1) is 0 Å². The third-order valence-electron chi connectivity index (χ3n) is 0. The maximum Gasteiger partial charge on any atom is 0 e. The van der Waals surface area contributed by atoms with E-state index in [0.717, 1.165) is 0 Å². The van der Waals surface area contributed by atoms with Gasteiger partial charge in [-0.3, -0.25) is 0 Å². The predicted molar refractivity (Wildman–Crippen MR) is 19.5 cm³/mol. The molecule has 0 atom stereocenters.